The van der Waals surface area contributed by atoms with Gasteiger partial charge in [0.2, 0.25) is 0 Å². The minimum Gasteiger partial charge on any atom is -0.298 e. The molecule has 0 saturated carbocycles. The maximum absolute atomic E-state index is 11.6. The van der Waals surface area contributed by atoms with Crippen molar-refractivity contribution < 1.29 is 8.42 Å². The average molecular weight is 279 g/mol. The van der Waals surface area contributed by atoms with Crippen LogP contribution in [-0.4, -0.2) is 29.5 Å². The predicted octanol–water partition coefficient (Wildman–Crippen LogP) is -0.0603. The van der Waals surface area contributed by atoms with E-state index in [4.69, 9.17) is 11.6 Å². The minimum absolute atomic E-state index is 0.0464. The van der Waals surface area contributed by atoms with E-state index in [2.05, 4.69) is 4.98 Å². The Labute approximate surface area is 102 Å². The maximum atomic E-state index is 11.6. The standard InChI is InChI=1S/C9H11ClN2O4S/c10-7-4-8(13)12(9(14)11-7)6-2-1-3-17(15,16)5-6/h4,6H,1-3,5H2,(H,11,14). The largest absolute Gasteiger partial charge is 0.329 e. The van der Waals surface area contributed by atoms with E-state index in [-0.39, 0.29) is 16.7 Å². The molecule has 0 amide bonds. The lowest BCUT2D eigenvalue weighted by Gasteiger charge is -2.22. The van der Waals surface area contributed by atoms with Gasteiger partial charge in [0, 0.05) is 6.07 Å². The van der Waals surface area contributed by atoms with Gasteiger partial charge in [0.05, 0.1) is 17.5 Å². The summed E-state index contributed by atoms with van der Waals surface area (Å²) in [5.41, 5.74) is -1.23. The van der Waals surface area contributed by atoms with Gasteiger partial charge in [0.1, 0.15) is 5.15 Å². The molecule has 17 heavy (non-hydrogen) atoms. The molecule has 0 aromatic carbocycles. The molecule has 2 heterocycles. The van der Waals surface area contributed by atoms with Crippen molar-refractivity contribution in [1.29, 1.82) is 0 Å². The van der Waals surface area contributed by atoms with Crippen molar-refractivity contribution in [3.63, 3.8) is 0 Å². The van der Waals surface area contributed by atoms with Crippen molar-refractivity contribution in [2.75, 3.05) is 11.5 Å². The summed E-state index contributed by atoms with van der Waals surface area (Å²) in [5, 5.41) is -0.0464. The highest BCUT2D eigenvalue weighted by atomic mass is 35.5. The number of hydrogen-bond acceptors (Lipinski definition) is 4. The Kier molecular flexibility index (Phi) is 3.13. The Hall–Kier alpha value is -1.08. The van der Waals surface area contributed by atoms with Crippen molar-refractivity contribution in [1.82, 2.24) is 9.55 Å². The summed E-state index contributed by atoms with van der Waals surface area (Å²) in [7, 11) is -3.17. The molecule has 1 saturated heterocycles. The van der Waals surface area contributed by atoms with Crippen LogP contribution in [0.4, 0.5) is 0 Å². The van der Waals surface area contributed by atoms with Gasteiger partial charge < -0.3 is 0 Å². The van der Waals surface area contributed by atoms with Crippen LogP contribution in [0.3, 0.4) is 0 Å². The average Bonchev–Trinajstić information content (AvgIpc) is 2.13. The highest BCUT2D eigenvalue weighted by molar-refractivity contribution is 7.91. The summed E-state index contributed by atoms with van der Waals surface area (Å²) in [5.74, 6) is -0.0542. The molecule has 1 aliphatic heterocycles. The topological polar surface area (TPSA) is 89.0 Å². The molecule has 0 spiro atoms. The van der Waals surface area contributed by atoms with Crippen LogP contribution in [0.5, 0.6) is 0 Å². The number of sulfone groups is 1. The molecule has 1 fully saturated rings. The molecule has 1 N–H and O–H groups in total. The van der Waals surface area contributed by atoms with E-state index in [0.717, 1.165) is 10.6 Å². The predicted molar refractivity (Wildman–Crippen MR) is 63.3 cm³/mol. The number of aromatic amines is 1. The summed E-state index contributed by atoms with van der Waals surface area (Å²) in [6.07, 6.45) is 0.964. The molecule has 1 unspecified atom stereocenters. The van der Waals surface area contributed by atoms with Crippen LogP contribution in [0.1, 0.15) is 18.9 Å². The number of H-pyrrole nitrogens is 1. The lowest BCUT2D eigenvalue weighted by molar-refractivity contribution is 0.444. The van der Waals surface area contributed by atoms with Crippen molar-refractivity contribution in [3.8, 4) is 0 Å². The molecular formula is C9H11ClN2O4S. The first-order valence-electron chi connectivity index (χ1n) is 5.11. The van der Waals surface area contributed by atoms with Gasteiger partial charge in [-0.3, -0.25) is 14.3 Å². The smallest absolute Gasteiger partial charge is 0.298 e. The molecule has 1 aromatic rings. The second-order valence-electron chi connectivity index (χ2n) is 4.04. The zero-order valence-corrected chi connectivity index (χ0v) is 10.4. The number of rotatable bonds is 1. The third-order valence-corrected chi connectivity index (χ3v) is 4.74. The number of halogens is 1. The molecule has 94 valence electrons. The van der Waals surface area contributed by atoms with Crippen molar-refractivity contribution in [2.45, 2.75) is 18.9 Å². The summed E-state index contributed by atoms with van der Waals surface area (Å²) >= 11 is 5.53. The highest BCUT2D eigenvalue weighted by Crippen LogP contribution is 2.20. The van der Waals surface area contributed by atoms with E-state index in [9.17, 15) is 18.0 Å². The van der Waals surface area contributed by atoms with E-state index in [1.165, 1.54) is 0 Å². The van der Waals surface area contributed by atoms with E-state index in [1.54, 1.807) is 0 Å². The molecule has 8 heteroatoms. The van der Waals surface area contributed by atoms with E-state index in [0.29, 0.717) is 12.8 Å². The molecule has 1 atom stereocenters. The maximum Gasteiger partial charge on any atom is 0.329 e. The van der Waals surface area contributed by atoms with Gasteiger partial charge in [-0.15, -0.1) is 0 Å². The minimum atomic E-state index is -3.17. The normalized spacial score (nSPS) is 23.5. The second-order valence-corrected chi connectivity index (χ2v) is 6.68. The van der Waals surface area contributed by atoms with Gasteiger partial charge in [0.15, 0.2) is 9.84 Å². The third-order valence-electron chi connectivity index (χ3n) is 2.74. The Morgan fingerprint density at radius 1 is 1.41 bits per heavy atom. The monoisotopic (exact) mass is 278 g/mol. The first-order chi connectivity index (χ1) is 7.89. The Morgan fingerprint density at radius 2 is 2.12 bits per heavy atom. The molecule has 0 aliphatic carbocycles. The molecular weight excluding hydrogens is 268 g/mol. The first kappa shape index (κ1) is 12.4. The molecule has 2 rings (SSSR count). The Balaban J connectivity index is 2.48. The summed E-state index contributed by atoms with van der Waals surface area (Å²) in [6, 6.07) is 0.478. The van der Waals surface area contributed by atoms with Crippen LogP contribution in [0, 0.1) is 0 Å². The van der Waals surface area contributed by atoms with Crippen molar-refractivity contribution in [2.24, 2.45) is 0 Å². The van der Waals surface area contributed by atoms with Gasteiger partial charge >= 0.3 is 5.69 Å². The van der Waals surface area contributed by atoms with Gasteiger partial charge in [-0.25, -0.2) is 13.2 Å². The summed E-state index contributed by atoms with van der Waals surface area (Å²) < 4.78 is 23.9. The summed E-state index contributed by atoms with van der Waals surface area (Å²) in [6.45, 7) is 0. The van der Waals surface area contributed by atoms with Crippen LogP contribution in [0.25, 0.3) is 0 Å². The van der Waals surface area contributed by atoms with E-state index in [1.807, 2.05) is 0 Å². The van der Waals surface area contributed by atoms with Crippen LogP contribution >= 0.6 is 11.6 Å². The fourth-order valence-electron chi connectivity index (χ4n) is 2.02. The number of hydrogen-bond donors (Lipinski definition) is 1. The van der Waals surface area contributed by atoms with Crippen LogP contribution in [0.2, 0.25) is 5.15 Å². The molecule has 0 radical (unpaired) electrons. The quantitative estimate of drug-likeness (QED) is 0.729. The second kappa shape index (κ2) is 4.30. The number of nitrogens with one attached hydrogen (secondary N) is 1. The molecule has 1 aromatic heterocycles. The van der Waals surface area contributed by atoms with Crippen LogP contribution in [0.15, 0.2) is 15.7 Å². The van der Waals surface area contributed by atoms with Gasteiger partial charge in [-0.2, -0.15) is 0 Å². The molecule has 0 bridgehead atoms. The van der Waals surface area contributed by atoms with E-state index < -0.39 is 27.1 Å². The Bertz CT molecular complexity index is 614. The lowest BCUT2D eigenvalue weighted by atomic mass is 10.2. The molecule has 6 nitrogen and oxygen atoms in total. The fraction of sp³-hybridized carbons (Fsp3) is 0.556. The first-order valence-corrected chi connectivity index (χ1v) is 7.31. The zero-order valence-electron chi connectivity index (χ0n) is 8.85. The van der Waals surface area contributed by atoms with E-state index >= 15 is 0 Å². The van der Waals surface area contributed by atoms with Gasteiger partial charge in [0.25, 0.3) is 5.56 Å². The zero-order chi connectivity index (χ0) is 12.6. The van der Waals surface area contributed by atoms with Gasteiger partial charge in [-0.1, -0.05) is 11.6 Å². The lowest BCUT2D eigenvalue weighted by Crippen LogP contribution is -2.42. The number of aromatic nitrogens is 2. The highest BCUT2D eigenvalue weighted by Gasteiger charge is 2.27. The van der Waals surface area contributed by atoms with Gasteiger partial charge in [-0.05, 0) is 12.8 Å². The summed E-state index contributed by atoms with van der Waals surface area (Å²) in [4.78, 5) is 25.5. The van der Waals surface area contributed by atoms with Crippen LogP contribution in [-0.2, 0) is 9.84 Å². The van der Waals surface area contributed by atoms with Crippen molar-refractivity contribution in [3.05, 3.63) is 32.1 Å². The van der Waals surface area contributed by atoms with Crippen LogP contribution < -0.4 is 11.2 Å². The fourth-order valence-corrected chi connectivity index (χ4v) is 3.87. The Morgan fingerprint density at radius 3 is 2.71 bits per heavy atom. The number of nitrogens with zero attached hydrogens (tertiary/aromatic N) is 1. The van der Waals surface area contributed by atoms with Crippen molar-refractivity contribution >= 4 is 21.4 Å². The molecule has 1 aliphatic rings. The third kappa shape index (κ3) is 2.61. The SMILES string of the molecule is O=c1cc(Cl)[nH]c(=O)n1C1CCCS(=O)(=O)C1.